The molecule has 0 aliphatic carbocycles. The Morgan fingerprint density at radius 3 is 1.88 bits per heavy atom. The molecule has 2 unspecified atom stereocenters. The van der Waals surface area contributed by atoms with Crippen LogP contribution in [0.4, 0.5) is 37.1 Å². The number of benzene rings is 1. The van der Waals surface area contributed by atoms with Crippen molar-refractivity contribution in [3.63, 3.8) is 0 Å². The fourth-order valence-corrected chi connectivity index (χ4v) is 5.40. The van der Waals surface area contributed by atoms with E-state index in [9.17, 15) is 36.2 Å². The van der Waals surface area contributed by atoms with Crippen LogP contribution in [0, 0.1) is 0 Å². The summed E-state index contributed by atoms with van der Waals surface area (Å²) >= 11 is 0. The van der Waals surface area contributed by atoms with Gasteiger partial charge in [-0.15, -0.1) is 0 Å². The van der Waals surface area contributed by atoms with E-state index in [1.54, 1.807) is 29.0 Å². The lowest BCUT2D eigenvalue weighted by Crippen LogP contribution is -2.56. The fraction of sp³-hybridized carbons (Fsp3) is 0.481. The Bertz CT molecular complexity index is 1310. The number of piperidine rings is 1. The minimum Gasteiger partial charge on any atom is -0.465 e. The van der Waals surface area contributed by atoms with Crippen LogP contribution in [-0.2, 0) is 25.9 Å². The molecular weight excluding hydrogens is 554 g/mol. The molecule has 3 heterocycles. The van der Waals surface area contributed by atoms with E-state index in [0.717, 1.165) is 5.56 Å². The van der Waals surface area contributed by atoms with Crippen LogP contribution in [0.3, 0.4) is 0 Å². The third-order valence-corrected chi connectivity index (χ3v) is 7.41. The molecule has 4 rings (SSSR count). The molecule has 41 heavy (non-hydrogen) atoms. The lowest BCUT2D eigenvalue weighted by Gasteiger charge is -2.46. The van der Waals surface area contributed by atoms with Gasteiger partial charge in [0.15, 0.2) is 0 Å². The predicted molar refractivity (Wildman–Crippen MR) is 138 cm³/mol. The van der Waals surface area contributed by atoms with Gasteiger partial charge in [0.05, 0.1) is 17.3 Å². The number of aryl methyl sites for hydroxylation is 1. The largest absolute Gasteiger partial charge is 0.465 e. The number of amides is 1. The average molecular weight is 585 g/mol. The summed E-state index contributed by atoms with van der Waals surface area (Å²) in [6.07, 6.45) is -3.10. The lowest BCUT2D eigenvalue weighted by atomic mass is 9.87. The van der Waals surface area contributed by atoms with Crippen LogP contribution in [0.1, 0.15) is 56.2 Å². The molecule has 222 valence electrons. The van der Waals surface area contributed by atoms with Gasteiger partial charge < -0.3 is 14.9 Å². The molecule has 1 aromatic carbocycles. The smallest absolute Gasteiger partial charge is 0.416 e. The van der Waals surface area contributed by atoms with E-state index < -0.39 is 47.7 Å². The molecule has 2 atom stereocenters. The van der Waals surface area contributed by atoms with Gasteiger partial charge in [-0.05, 0) is 49.4 Å². The van der Waals surface area contributed by atoms with Crippen molar-refractivity contribution in [3.05, 3.63) is 59.7 Å². The van der Waals surface area contributed by atoms with Crippen LogP contribution in [0.25, 0.3) is 11.1 Å². The molecule has 0 saturated carbocycles. The maximum atomic E-state index is 13.6. The third-order valence-electron chi connectivity index (χ3n) is 7.41. The second-order valence-electron chi connectivity index (χ2n) is 10.2. The van der Waals surface area contributed by atoms with Gasteiger partial charge in [-0.3, -0.25) is 4.68 Å². The van der Waals surface area contributed by atoms with Gasteiger partial charge >= 0.3 is 18.4 Å². The Kier molecular flexibility index (Phi) is 8.50. The van der Waals surface area contributed by atoms with Crippen LogP contribution in [-0.4, -0.2) is 54.0 Å². The van der Waals surface area contributed by atoms with Crippen LogP contribution in [0.15, 0.2) is 43.0 Å². The van der Waals surface area contributed by atoms with Crippen LogP contribution >= 0.6 is 0 Å². The van der Waals surface area contributed by atoms with Gasteiger partial charge in [-0.2, -0.15) is 31.4 Å². The van der Waals surface area contributed by atoms with E-state index >= 15 is 0 Å². The zero-order valence-electron chi connectivity index (χ0n) is 22.6. The van der Waals surface area contributed by atoms with Crippen molar-refractivity contribution in [3.8, 4) is 11.1 Å². The summed E-state index contributed by atoms with van der Waals surface area (Å²) in [5, 5.41) is 13.9. The molecule has 1 N–H and O–H groups in total. The first-order valence-electron chi connectivity index (χ1n) is 13.1. The molecule has 1 saturated heterocycles. The Balaban J connectivity index is 1.78. The van der Waals surface area contributed by atoms with Crippen LogP contribution in [0.5, 0.6) is 0 Å². The first kappa shape index (κ1) is 30.1. The molecule has 1 aliphatic rings. The molecule has 8 nitrogen and oxygen atoms in total. The maximum absolute atomic E-state index is 13.6. The summed E-state index contributed by atoms with van der Waals surface area (Å²) in [5.41, 5.74) is -1.68. The van der Waals surface area contributed by atoms with Gasteiger partial charge in [0, 0.05) is 61.4 Å². The quantitative estimate of drug-likeness (QED) is 0.314. The van der Waals surface area contributed by atoms with Crippen molar-refractivity contribution in [2.75, 3.05) is 4.90 Å². The number of nitrogens with zero attached hydrogens (tertiary/aromatic N) is 6. The van der Waals surface area contributed by atoms with E-state index in [2.05, 4.69) is 15.1 Å². The summed E-state index contributed by atoms with van der Waals surface area (Å²) in [5.74, 6) is 0.113. The first-order valence-corrected chi connectivity index (χ1v) is 13.1. The van der Waals surface area contributed by atoms with Crippen molar-refractivity contribution in [2.45, 2.75) is 76.6 Å². The summed E-state index contributed by atoms with van der Waals surface area (Å²) < 4.78 is 83.2. The Morgan fingerprint density at radius 1 is 0.927 bits per heavy atom. The lowest BCUT2D eigenvalue weighted by molar-refractivity contribution is -0.143. The summed E-state index contributed by atoms with van der Waals surface area (Å²) in [4.78, 5) is 23.9. The molecular formula is C27H30F6N6O2. The zero-order valence-corrected chi connectivity index (χ0v) is 22.6. The number of carbonyl (C=O) groups is 1. The van der Waals surface area contributed by atoms with E-state index in [1.807, 2.05) is 13.8 Å². The molecule has 1 amide bonds. The van der Waals surface area contributed by atoms with Crippen molar-refractivity contribution >= 4 is 12.0 Å². The fourth-order valence-electron chi connectivity index (χ4n) is 5.40. The average Bonchev–Trinajstić information content (AvgIpc) is 3.36. The van der Waals surface area contributed by atoms with E-state index in [1.165, 1.54) is 17.3 Å². The number of rotatable bonds is 7. The second kappa shape index (κ2) is 11.6. The van der Waals surface area contributed by atoms with Gasteiger partial charge in [0.2, 0.25) is 5.95 Å². The van der Waals surface area contributed by atoms with Gasteiger partial charge in [0.25, 0.3) is 0 Å². The van der Waals surface area contributed by atoms with Crippen molar-refractivity contribution < 1.29 is 36.2 Å². The van der Waals surface area contributed by atoms with Crippen LogP contribution < -0.4 is 4.90 Å². The van der Waals surface area contributed by atoms with Crippen molar-refractivity contribution in [2.24, 2.45) is 7.05 Å². The molecule has 0 spiro atoms. The zero-order chi connectivity index (χ0) is 30.1. The normalized spacial score (nSPS) is 19.8. The summed E-state index contributed by atoms with van der Waals surface area (Å²) in [6, 6.07) is 0.244. The molecule has 0 radical (unpaired) electrons. The number of hydrogen-bond acceptors (Lipinski definition) is 5. The Labute approximate surface area is 232 Å². The molecule has 14 heteroatoms. The molecule has 1 fully saturated rings. The van der Waals surface area contributed by atoms with Gasteiger partial charge in [-0.25, -0.2) is 14.8 Å². The van der Waals surface area contributed by atoms with Crippen LogP contribution in [0.2, 0.25) is 0 Å². The minimum atomic E-state index is -4.99. The van der Waals surface area contributed by atoms with Gasteiger partial charge in [-0.1, -0.05) is 13.8 Å². The van der Waals surface area contributed by atoms with E-state index in [4.69, 9.17) is 0 Å². The second-order valence-corrected chi connectivity index (χ2v) is 10.2. The molecule has 3 aromatic rings. The summed E-state index contributed by atoms with van der Waals surface area (Å²) in [7, 11) is 1.74. The monoisotopic (exact) mass is 584 g/mol. The van der Waals surface area contributed by atoms with Gasteiger partial charge in [0.1, 0.15) is 0 Å². The number of hydrogen-bond donors (Lipinski definition) is 1. The number of carboxylic acid groups (broad SMARTS) is 1. The first-order chi connectivity index (χ1) is 19.2. The molecule has 1 aliphatic heterocycles. The number of anilines is 1. The van der Waals surface area contributed by atoms with Crippen molar-refractivity contribution in [1.82, 2.24) is 24.6 Å². The summed E-state index contributed by atoms with van der Waals surface area (Å²) in [6.45, 7) is 3.33. The number of aromatic nitrogens is 4. The maximum Gasteiger partial charge on any atom is 0.416 e. The highest BCUT2D eigenvalue weighted by Crippen LogP contribution is 2.38. The molecule has 2 aromatic heterocycles. The standard InChI is InChI=1S/C27H30F6N6O2/c1-4-21-9-23(10-22(5-2)39(21)25(40)41)38(24-34-11-17(12-35-24)18-13-36-37(3)15-18)14-16-6-19(26(28,29)30)8-20(7-16)27(31,32)33/h6-8,11-13,15,21-23H,4-5,9-10,14H2,1-3H3,(H,40,41). The highest BCUT2D eigenvalue weighted by atomic mass is 19.4. The number of halogens is 6. The Morgan fingerprint density at radius 2 is 1.46 bits per heavy atom. The third kappa shape index (κ3) is 6.73. The number of likely N-dealkylation sites (tertiary alicyclic amines) is 1. The Hall–Kier alpha value is -3.84. The topological polar surface area (TPSA) is 87.4 Å². The van der Waals surface area contributed by atoms with Crippen molar-refractivity contribution in [1.29, 1.82) is 0 Å². The van der Waals surface area contributed by atoms with E-state index in [0.29, 0.717) is 43.4 Å². The minimum absolute atomic E-state index is 0.0958. The highest BCUT2D eigenvalue weighted by Gasteiger charge is 2.41. The van der Waals surface area contributed by atoms with E-state index in [-0.39, 0.29) is 24.1 Å². The SMILES string of the molecule is CCC1CC(N(Cc2cc(C(F)(F)F)cc(C(F)(F)F)c2)c2ncc(-c3cnn(C)c3)cn2)CC(CC)N1C(=O)O. The predicted octanol–water partition coefficient (Wildman–Crippen LogP) is 6.62. The molecule has 0 bridgehead atoms. The highest BCUT2D eigenvalue weighted by molar-refractivity contribution is 5.66. The number of alkyl halides is 6.